The molecule has 1 fully saturated rings. The van der Waals surface area contributed by atoms with E-state index in [2.05, 4.69) is 36.6 Å². The monoisotopic (exact) mass is 468 g/mol. The zero-order valence-corrected chi connectivity index (χ0v) is 20.6. The Morgan fingerprint density at radius 2 is 1.88 bits per heavy atom. The number of carbonyl (C=O) groups excluding carboxylic acids is 2. The van der Waals surface area contributed by atoms with E-state index in [0.717, 1.165) is 22.1 Å². The van der Waals surface area contributed by atoms with E-state index in [4.69, 9.17) is 7.85 Å². The molecule has 0 bridgehead atoms. The molecule has 33 heavy (non-hydrogen) atoms. The molecule has 3 N–H and O–H groups in total. The number of aliphatic hydroxyl groups is 1. The van der Waals surface area contributed by atoms with Gasteiger partial charge in [0.05, 0.1) is 12.1 Å². The van der Waals surface area contributed by atoms with Crippen LogP contribution in [0.2, 0.25) is 0 Å². The molecule has 5 nitrogen and oxygen atoms in total. The fourth-order valence-electron chi connectivity index (χ4n) is 5.02. The first kappa shape index (κ1) is 25.6. The fraction of sp³-hybridized carbons (Fsp3) is 0.538. The molecule has 0 aromatic heterocycles. The summed E-state index contributed by atoms with van der Waals surface area (Å²) in [5.41, 5.74) is 0. The van der Waals surface area contributed by atoms with Crippen LogP contribution in [0.25, 0.3) is 10.8 Å². The second-order valence-corrected chi connectivity index (χ2v) is 10.6. The van der Waals surface area contributed by atoms with E-state index in [0.29, 0.717) is 36.3 Å². The van der Waals surface area contributed by atoms with E-state index in [9.17, 15) is 14.7 Å². The van der Waals surface area contributed by atoms with Crippen molar-refractivity contribution in [1.82, 2.24) is 10.6 Å². The van der Waals surface area contributed by atoms with E-state index >= 15 is 0 Å². The van der Waals surface area contributed by atoms with Crippen molar-refractivity contribution in [3.8, 4) is 0 Å². The number of hydrogen-bond acceptors (Lipinski definition) is 4. The molecule has 1 aliphatic carbocycles. The highest BCUT2D eigenvalue weighted by Crippen LogP contribution is 2.38. The number of aliphatic hydroxyl groups excluding tert-OH is 1. The third kappa shape index (κ3) is 7.25. The van der Waals surface area contributed by atoms with Crippen LogP contribution < -0.4 is 10.6 Å². The first-order chi connectivity index (χ1) is 15.8. The number of amides is 2. The van der Waals surface area contributed by atoms with Crippen molar-refractivity contribution >= 4 is 42.1 Å². The third-order valence-corrected chi connectivity index (χ3v) is 7.92. The van der Waals surface area contributed by atoms with E-state index in [-0.39, 0.29) is 13.4 Å². The number of rotatable bonds is 10. The van der Waals surface area contributed by atoms with Crippen LogP contribution in [-0.2, 0) is 4.79 Å². The van der Waals surface area contributed by atoms with E-state index < -0.39 is 18.0 Å². The van der Waals surface area contributed by atoms with Crippen molar-refractivity contribution in [2.75, 3.05) is 5.75 Å². The highest BCUT2D eigenvalue weighted by atomic mass is 32.2. The Morgan fingerprint density at radius 1 is 1.15 bits per heavy atom. The molecule has 7 heteroatoms. The van der Waals surface area contributed by atoms with Crippen molar-refractivity contribution < 1.29 is 16.1 Å². The van der Waals surface area contributed by atoms with Gasteiger partial charge in [-0.25, -0.2) is 0 Å². The second-order valence-electron chi connectivity index (χ2n) is 9.52. The average molecular weight is 468 g/mol. The van der Waals surface area contributed by atoms with Gasteiger partial charge in [-0.15, -0.1) is 11.8 Å². The van der Waals surface area contributed by atoms with Crippen LogP contribution >= 0.6 is 11.8 Å². The number of nitrogens with one attached hydrogen (secondary N) is 2. The molecule has 2 radical (unpaired) electrons. The van der Waals surface area contributed by atoms with Gasteiger partial charge in [-0.1, -0.05) is 51.1 Å². The standard InChI is InChI=1S/C26H35BN2O3S.H2/c1-4-22(24(30)14-20-12-16(2)11-17(20)3)28-25(31)23(29-26(27)32)15-33-21-10-9-18-7-5-6-8-19(18)13-21;/h5-10,13,16-17,20,22-24,30H,4,11-12,14-15H2,1-3H3,(H,28,31)(H,29,32);1H/t16?,17?,20?,22-,23+,24+;/m0./s1. The van der Waals surface area contributed by atoms with E-state index in [1.165, 1.54) is 18.2 Å². The molecule has 2 amide bonds. The molecule has 0 heterocycles. The second kappa shape index (κ2) is 11.9. The van der Waals surface area contributed by atoms with Crippen molar-refractivity contribution in [3.05, 3.63) is 42.5 Å². The van der Waals surface area contributed by atoms with Gasteiger partial charge in [-0.05, 0) is 66.3 Å². The average Bonchev–Trinajstić information content (AvgIpc) is 3.10. The summed E-state index contributed by atoms with van der Waals surface area (Å²) >= 11 is 1.49. The molecule has 1 aliphatic rings. The lowest BCUT2D eigenvalue weighted by Crippen LogP contribution is -2.53. The summed E-state index contributed by atoms with van der Waals surface area (Å²) in [4.78, 5) is 25.6. The van der Waals surface area contributed by atoms with E-state index in [1.54, 1.807) is 0 Å². The molecular weight excluding hydrogens is 431 g/mol. The summed E-state index contributed by atoms with van der Waals surface area (Å²) < 4.78 is 0. The minimum absolute atomic E-state index is 0. The summed E-state index contributed by atoms with van der Waals surface area (Å²) in [6, 6.07) is 13.1. The number of fused-ring (bicyclic) bond motifs is 1. The summed E-state index contributed by atoms with van der Waals surface area (Å²) in [6.07, 6.45) is 3.00. The zero-order valence-electron chi connectivity index (χ0n) is 19.8. The SMILES string of the molecule is [B]C(=O)N[C@H](CSc1ccc2ccccc2c1)C(=O)N[C@@H](CC)[C@H](O)CC1CC(C)CC1C.[HH]. The van der Waals surface area contributed by atoms with Crippen molar-refractivity contribution in [2.24, 2.45) is 17.8 Å². The quantitative estimate of drug-likeness (QED) is 0.347. The van der Waals surface area contributed by atoms with Gasteiger partial charge in [-0.3, -0.25) is 9.59 Å². The Labute approximate surface area is 204 Å². The van der Waals surface area contributed by atoms with Crippen LogP contribution in [0.3, 0.4) is 0 Å². The van der Waals surface area contributed by atoms with Gasteiger partial charge in [-0.2, -0.15) is 0 Å². The number of carbonyl (C=O) groups is 2. The lowest BCUT2D eigenvalue weighted by atomic mass is 9.89. The molecular formula is C26H37BN2O3S. The normalized spacial score (nSPS) is 23.1. The third-order valence-electron chi connectivity index (χ3n) is 6.83. The maximum Gasteiger partial charge on any atom is 0.243 e. The number of benzene rings is 2. The Kier molecular flexibility index (Phi) is 9.27. The number of thioether (sulfide) groups is 1. The maximum atomic E-state index is 13.0. The minimum Gasteiger partial charge on any atom is -0.391 e. The molecule has 0 aliphatic heterocycles. The van der Waals surface area contributed by atoms with Gasteiger partial charge in [0.1, 0.15) is 6.04 Å². The van der Waals surface area contributed by atoms with Gasteiger partial charge in [0.25, 0.3) is 0 Å². The topological polar surface area (TPSA) is 78.4 Å². The van der Waals surface area contributed by atoms with Crippen LogP contribution in [-0.4, -0.2) is 48.6 Å². The Bertz CT molecular complexity index is 963. The van der Waals surface area contributed by atoms with Gasteiger partial charge in [0.2, 0.25) is 13.8 Å². The van der Waals surface area contributed by atoms with Crippen LogP contribution in [0, 0.1) is 17.8 Å². The molecule has 6 atom stereocenters. The fourth-order valence-corrected chi connectivity index (χ4v) is 5.99. The summed E-state index contributed by atoms with van der Waals surface area (Å²) in [7, 11) is 5.35. The first-order valence-electron chi connectivity index (χ1n) is 11.9. The predicted molar refractivity (Wildman–Crippen MR) is 139 cm³/mol. The van der Waals surface area contributed by atoms with Crippen LogP contribution in [0.4, 0.5) is 4.79 Å². The maximum absolute atomic E-state index is 13.0. The summed E-state index contributed by atoms with van der Waals surface area (Å²) in [6.45, 7) is 6.46. The lowest BCUT2D eigenvalue weighted by Gasteiger charge is -2.28. The Balaban J connectivity index is 0.00000408. The molecule has 0 saturated heterocycles. The highest BCUT2D eigenvalue weighted by molar-refractivity contribution is 7.99. The van der Waals surface area contributed by atoms with Gasteiger partial charge in [0, 0.05) is 12.1 Å². The summed E-state index contributed by atoms with van der Waals surface area (Å²) in [5, 5.41) is 18.7. The Morgan fingerprint density at radius 3 is 2.52 bits per heavy atom. The van der Waals surface area contributed by atoms with Crippen LogP contribution in [0.5, 0.6) is 0 Å². The zero-order chi connectivity index (χ0) is 24.0. The van der Waals surface area contributed by atoms with Crippen LogP contribution in [0.15, 0.2) is 47.4 Å². The molecule has 3 rings (SSSR count). The minimum atomic E-state index is -0.786. The van der Waals surface area contributed by atoms with Gasteiger partial charge in [0.15, 0.2) is 5.81 Å². The molecule has 178 valence electrons. The molecule has 1 saturated carbocycles. The highest BCUT2D eigenvalue weighted by Gasteiger charge is 2.33. The van der Waals surface area contributed by atoms with Crippen molar-refractivity contribution in [2.45, 2.75) is 69.5 Å². The van der Waals surface area contributed by atoms with Gasteiger partial charge >= 0.3 is 0 Å². The Hall–Kier alpha value is -1.99. The van der Waals surface area contributed by atoms with Crippen molar-refractivity contribution in [1.29, 1.82) is 0 Å². The van der Waals surface area contributed by atoms with E-state index in [1.807, 2.05) is 37.3 Å². The number of hydrogen-bond donors (Lipinski definition) is 3. The van der Waals surface area contributed by atoms with Crippen molar-refractivity contribution in [3.63, 3.8) is 0 Å². The molecule has 0 spiro atoms. The summed E-state index contributed by atoms with van der Waals surface area (Å²) in [5.74, 6) is 1.03. The van der Waals surface area contributed by atoms with Gasteiger partial charge < -0.3 is 15.7 Å². The predicted octanol–water partition coefficient (Wildman–Crippen LogP) is 4.75. The first-order valence-corrected chi connectivity index (χ1v) is 12.9. The van der Waals surface area contributed by atoms with Crippen LogP contribution in [0.1, 0.15) is 47.9 Å². The molecule has 3 unspecified atom stereocenters. The smallest absolute Gasteiger partial charge is 0.243 e. The largest absolute Gasteiger partial charge is 0.391 e. The molecule has 2 aromatic carbocycles. The lowest BCUT2D eigenvalue weighted by molar-refractivity contribution is -0.124. The molecule has 2 aromatic rings.